The van der Waals surface area contributed by atoms with Crippen LogP contribution in [0.3, 0.4) is 0 Å². The molecule has 1 rings (SSSR count). The van der Waals surface area contributed by atoms with Gasteiger partial charge in [-0.3, -0.25) is 9.46 Å². The lowest BCUT2D eigenvalue weighted by molar-refractivity contribution is -0.0138. The number of hydrogen-bond donors (Lipinski definition) is 1. The molecule has 3 nitrogen and oxygen atoms in total. The Balaban J connectivity index is 2.80. The minimum atomic E-state index is 0.0534. The van der Waals surface area contributed by atoms with Crippen molar-refractivity contribution < 1.29 is 4.57 Å². The summed E-state index contributed by atoms with van der Waals surface area (Å²) < 4.78 is 10.5. The van der Waals surface area contributed by atoms with Crippen molar-refractivity contribution in [3.63, 3.8) is 0 Å². The molecule has 0 unspecified atom stereocenters. The molecule has 82 valence electrons. The Hall–Kier alpha value is 0.0200. The molecule has 1 N–H and O–H groups in total. The van der Waals surface area contributed by atoms with Crippen molar-refractivity contribution in [2.45, 2.75) is 57.7 Å². The van der Waals surface area contributed by atoms with Gasteiger partial charge >= 0.3 is 0 Å². The number of rotatable bonds is 2. The lowest BCUT2D eigenvalue weighted by Gasteiger charge is -2.53. The molecule has 0 atom stereocenters. The van der Waals surface area contributed by atoms with Crippen LogP contribution in [0.4, 0.5) is 0 Å². The standard InChI is InChI=1S/C10H21N2OP/c1-9(2)6-8(11-14-13)7-10(3,4)12(9)5/h8H,6-7H2,1-5H3,(H,11,13). The van der Waals surface area contributed by atoms with E-state index in [4.69, 9.17) is 0 Å². The molecule has 1 aliphatic rings. The van der Waals surface area contributed by atoms with Gasteiger partial charge in [0.2, 0.25) is 8.61 Å². The Kier molecular flexibility index (Phi) is 3.35. The molecule has 0 aliphatic carbocycles. The van der Waals surface area contributed by atoms with Crippen LogP contribution in [0.1, 0.15) is 40.5 Å². The third-order valence-electron chi connectivity index (χ3n) is 3.54. The van der Waals surface area contributed by atoms with Crippen molar-refractivity contribution in [3.05, 3.63) is 0 Å². The van der Waals surface area contributed by atoms with E-state index < -0.39 is 0 Å². The van der Waals surface area contributed by atoms with E-state index in [2.05, 4.69) is 44.7 Å². The molecular weight excluding hydrogens is 195 g/mol. The molecule has 0 saturated carbocycles. The largest absolute Gasteiger partial charge is 0.296 e. The van der Waals surface area contributed by atoms with E-state index in [1.807, 2.05) is 0 Å². The van der Waals surface area contributed by atoms with E-state index in [0.29, 0.717) is 6.04 Å². The maximum absolute atomic E-state index is 10.5. The molecule has 4 heteroatoms. The van der Waals surface area contributed by atoms with Crippen LogP contribution in [0.2, 0.25) is 0 Å². The average molecular weight is 216 g/mol. The summed E-state index contributed by atoms with van der Waals surface area (Å²) in [5.41, 5.74) is 0.341. The van der Waals surface area contributed by atoms with Gasteiger partial charge in [-0.15, -0.1) is 0 Å². The third-order valence-corrected chi connectivity index (χ3v) is 4.01. The van der Waals surface area contributed by atoms with Crippen molar-refractivity contribution in [2.24, 2.45) is 0 Å². The maximum atomic E-state index is 10.5. The second-order valence-electron chi connectivity index (χ2n) is 5.51. The smallest absolute Gasteiger partial charge is 0.246 e. The van der Waals surface area contributed by atoms with Crippen LogP contribution in [-0.4, -0.2) is 29.1 Å². The minimum absolute atomic E-state index is 0.0534. The van der Waals surface area contributed by atoms with Gasteiger partial charge in [0.25, 0.3) is 0 Å². The van der Waals surface area contributed by atoms with Gasteiger partial charge in [-0.1, -0.05) is 0 Å². The Labute approximate surface area is 88.5 Å². The van der Waals surface area contributed by atoms with Crippen LogP contribution >= 0.6 is 8.61 Å². The van der Waals surface area contributed by atoms with Gasteiger partial charge in [0.1, 0.15) is 0 Å². The SMILES string of the molecule is CN1C(C)(C)CC(NP=O)CC1(C)C. The van der Waals surface area contributed by atoms with Crippen LogP contribution in [0, 0.1) is 0 Å². The minimum Gasteiger partial charge on any atom is -0.296 e. The molecule has 1 heterocycles. The molecule has 1 aliphatic heterocycles. The molecule has 0 aromatic rings. The zero-order valence-electron chi connectivity index (χ0n) is 9.79. The number of nitrogens with zero attached hydrogens (tertiary/aromatic N) is 1. The Morgan fingerprint density at radius 3 is 2.00 bits per heavy atom. The predicted molar refractivity (Wildman–Crippen MR) is 59.7 cm³/mol. The first-order valence-electron chi connectivity index (χ1n) is 5.11. The molecule has 14 heavy (non-hydrogen) atoms. The molecule has 0 amide bonds. The first kappa shape index (κ1) is 12.1. The second-order valence-corrected chi connectivity index (χ2v) is 5.95. The summed E-state index contributed by atoms with van der Waals surface area (Å²) in [5.74, 6) is 0. The Morgan fingerprint density at radius 2 is 1.64 bits per heavy atom. The fourth-order valence-electron chi connectivity index (χ4n) is 2.54. The third kappa shape index (κ3) is 2.33. The van der Waals surface area contributed by atoms with Gasteiger partial charge in [0.05, 0.1) is 0 Å². The highest BCUT2D eigenvalue weighted by molar-refractivity contribution is 7.21. The number of nitrogens with one attached hydrogen (secondary N) is 1. The van der Waals surface area contributed by atoms with Crippen LogP contribution in [0.25, 0.3) is 0 Å². The summed E-state index contributed by atoms with van der Waals surface area (Å²) in [6, 6.07) is 0.357. The molecule has 0 aromatic carbocycles. The van der Waals surface area contributed by atoms with Crippen molar-refractivity contribution in [1.29, 1.82) is 0 Å². The summed E-state index contributed by atoms with van der Waals surface area (Å²) >= 11 is 0. The fraction of sp³-hybridized carbons (Fsp3) is 1.00. The fourth-order valence-corrected chi connectivity index (χ4v) is 2.87. The van der Waals surface area contributed by atoms with Gasteiger partial charge in [0, 0.05) is 17.1 Å². The number of likely N-dealkylation sites (tertiary alicyclic amines) is 1. The summed E-state index contributed by atoms with van der Waals surface area (Å²) in [4.78, 5) is 2.42. The van der Waals surface area contributed by atoms with Crippen molar-refractivity contribution in [2.75, 3.05) is 7.05 Å². The lowest BCUT2D eigenvalue weighted by atomic mass is 9.78. The molecule has 1 fully saturated rings. The topological polar surface area (TPSA) is 32.3 Å². The van der Waals surface area contributed by atoms with E-state index in [0.717, 1.165) is 12.8 Å². The van der Waals surface area contributed by atoms with E-state index in [9.17, 15) is 4.57 Å². The Bertz CT molecular complexity index is 210. The highest BCUT2D eigenvalue weighted by atomic mass is 31.1. The molecule has 0 radical (unpaired) electrons. The first-order chi connectivity index (χ1) is 6.29. The maximum Gasteiger partial charge on any atom is 0.246 e. The second kappa shape index (κ2) is 3.88. The number of hydrogen-bond acceptors (Lipinski definition) is 2. The molecule has 1 saturated heterocycles. The highest BCUT2D eigenvalue weighted by Gasteiger charge is 2.42. The Morgan fingerprint density at radius 1 is 1.21 bits per heavy atom. The zero-order valence-corrected chi connectivity index (χ0v) is 10.7. The zero-order chi connectivity index (χ0) is 11.0. The van der Waals surface area contributed by atoms with Crippen molar-refractivity contribution >= 4 is 8.61 Å². The predicted octanol–water partition coefficient (Wildman–Crippen LogP) is 2.43. The van der Waals surface area contributed by atoms with Crippen LogP contribution in [0.15, 0.2) is 0 Å². The van der Waals surface area contributed by atoms with Gasteiger partial charge in [-0.2, -0.15) is 0 Å². The summed E-state index contributed by atoms with van der Waals surface area (Å²) in [7, 11) is 2.23. The van der Waals surface area contributed by atoms with Gasteiger partial charge < -0.3 is 0 Å². The molecular formula is C10H21N2OP. The highest BCUT2D eigenvalue weighted by Crippen LogP contribution is 2.37. The molecule has 0 aromatic heterocycles. The van der Waals surface area contributed by atoms with Gasteiger partial charge in [-0.25, -0.2) is 5.09 Å². The van der Waals surface area contributed by atoms with Crippen LogP contribution < -0.4 is 5.09 Å². The molecule has 0 bridgehead atoms. The monoisotopic (exact) mass is 216 g/mol. The quantitative estimate of drug-likeness (QED) is 0.719. The van der Waals surface area contributed by atoms with Crippen LogP contribution in [0.5, 0.6) is 0 Å². The summed E-state index contributed by atoms with van der Waals surface area (Å²) in [5, 5.41) is 3.01. The van der Waals surface area contributed by atoms with Crippen molar-refractivity contribution in [3.8, 4) is 0 Å². The van der Waals surface area contributed by atoms with Crippen LogP contribution in [-0.2, 0) is 4.57 Å². The van der Waals surface area contributed by atoms with E-state index in [1.54, 1.807) is 0 Å². The van der Waals surface area contributed by atoms with Crippen molar-refractivity contribution in [1.82, 2.24) is 9.99 Å². The summed E-state index contributed by atoms with van der Waals surface area (Å²) in [6.45, 7) is 8.96. The average Bonchev–Trinajstić information content (AvgIpc) is 1.99. The first-order valence-corrected chi connectivity index (χ1v) is 5.93. The van der Waals surface area contributed by atoms with E-state index >= 15 is 0 Å². The normalized spacial score (nSPS) is 28.1. The van der Waals surface area contributed by atoms with Gasteiger partial charge in [-0.05, 0) is 47.6 Å². The summed E-state index contributed by atoms with van der Waals surface area (Å²) in [6.07, 6.45) is 2.09. The van der Waals surface area contributed by atoms with Gasteiger partial charge in [0.15, 0.2) is 0 Å². The lowest BCUT2D eigenvalue weighted by Crippen LogP contribution is -2.61. The van der Waals surface area contributed by atoms with E-state index in [1.165, 1.54) is 0 Å². The molecule has 0 spiro atoms. The van der Waals surface area contributed by atoms with E-state index in [-0.39, 0.29) is 19.7 Å². The number of piperidine rings is 1.